The molecule has 7 heteroatoms. The van der Waals surface area contributed by atoms with Crippen LogP contribution in [0.2, 0.25) is 0 Å². The Labute approximate surface area is 125 Å². The molecular formula is C14H22N2O4S. The number of nitrogens with zero attached hydrogens (tertiary/aromatic N) is 2. The minimum absolute atomic E-state index is 0.187. The Hall–Kier alpha value is -1.37. The summed E-state index contributed by atoms with van der Waals surface area (Å²) in [6.07, 6.45) is 4.12. The Morgan fingerprint density at radius 1 is 1.19 bits per heavy atom. The zero-order valence-electron chi connectivity index (χ0n) is 12.6. The number of likely N-dealkylation sites (tertiary alicyclic amines) is 1. The lowest BCUT2D eigenvalue weighted by Gasteiger charge is -2.20. The predicted octanol–water partition coefficient (Wildman–Crippen LogP) is 1.61. The van der Waals surface area contributed by atoms with Gasteiger partial charge in [0.25, 0.3) is 0 Å². The molecular weight excluding hydrogens is 292 g/mol. The number of sulfone groups is 1. The van der Waals surface area contributed by atoms with Crippen LogP contribution < -0.4 is 0 Å². The van der Waals surface area contributed by atoms with E-state index in [2.05, 4.69) is 5.16 Å². The van der Waals surface area contributed by atoms with Crippen LogP contribution in [0.3, 0.4) is 0 Å². The van der Waals surface area contributed by atoms with Gasteiger partial charge in [-0.2, -0.15) is 0 Å². The maximum atomic E-state index is 12.2. The van der Waals surface area contributed by atoms with Crippen molar-refractivity contribution < 1.29 is 17.7 Å². The maximum Gasteiger partial charge on any atom is 0.237 e. The van der Waals surface area contributed by atoms with Crippen LogP contribution in [0, 0.1) is 13.8 Å². The third-order valence-corrected chi connectivity index (χ3v) is 5.26. The zero-order valence-corrected chi connectivity index (χ0v) is 13.4. The average Bonchev–Trinajstić information content (AvgIpc) is 2.65. The van der Waals surface area contributed by atoms with Crippen molar-refractivity contribution in [3.05, 3.63) is 17.0 Å². The number of rotatable bonds is 4. The second-order valence-corrected chi connectivity index (χ2v) is 7.69. The SMILES string of the molecule is Cc1noc(C)c1CS(=O)(=O)CC(=O)N1CCCCCC1. The summed E-state index contributed by atoms with van der Waals surface area (Å²) in [5.74, 6) is -0.410. The highest BCUT2D eigenvalue weighted by Crippen LogP contribution is 2.17. The predicted molar refractivity (Wildman–Crippen MR) is 78.5 cm³/mol. The van der Waals surface area contributed by atoms with Crippen molar-refractivity contribution >= 4 is 15.7 Å². The smallest absolute Gasteiger partial charge is 0.237 e. The van der Waals surface area contributed by atoms with Crippen LogP contribution >= 0.6 is 0 Å². The number of aryl methyl sites for hydroxylation is 2. The molecule has 21 heavy (non-hydrogen) atoms. The van der Waals surface area contributed by atoms with E-state index < -0.39 is 15.6 Å². The molecule has 1 fully saturated rings. The van der Waals surface area contributed by atoms with Gasteiger partial charge in [0.2, 0.25) is 5.91 Å². The van der Waals surface area contributed by atoms with Gasteiger partial charge < -0.3 is 9.42 Å². The van der Waals surface area contributed by atoms with E-state index in [1.165, 1.54) is 0 Å². The number of aromatic nitrogens is 1. The van der Waals surface area contributed by atoms with Crippen LogP contribution in [0.1, 0.15) is 42.7 Å². The first kappa shape index (κ1) is 16.0. The van der Waals surface area contributed by atoms with E-state index >= 15 is 0 Å². The summed E-state index contributed by atoms with van der Waals surface area (Å²) in [4.78, 5) is 13.9. The molecule has 0 spiro atoms. The lowest BCUT2D eigenvalue weighted by atomic mass is 10.2. The normalized spacial score (nSPS) is 16.8. The molecule has 1 aliphatic heterocycles. The summed E-state index contributed by atoms with van der Waals surface area (Å²) in [5.41, 5.74) is 1.14. The fourth-order valence-electron chi connectivity index (χ4n) is 2.58. The van der Waals surface area contributed by atoms with Gasteiger partial charge in [0.05, 0.1) is 11.4 Å². The minimum Gasteiger partial charge on any atom is -0.361 e. The van der Waals surface area contributed by atoms with Gasteiger partial charge in [-0.25, -0.2) is 8.42 Å². The van der Waals surface area contributed by atoms with E-state index in [1.54, 1.807) is 18.7 Å². The molecule has 1 aromatic rings. The van der Waals surface area contributed by atoms with Crippen LogP contribution in [0.25, 0.3) is 0 Å². The first-order chi connectivity index (χ1) is 9.89. The molecule has 0 bridgehead atoms. The summed E-state index contributed by atoms with van der Waals surface area (Å²) in [6, 6.07) is 0. The van der Waals surface area contributed by atoms with Crippen LogP contribution in [-0.2, 0) is 20.4 Å². The Morgan fingerprint density at radius 3 is 2.33 bits per heavy atom. The van der Waals surface area contributed by atoms with E-state index in [-0.39, 0.29) is 11.7 Å². The maximum absolute atomic E-state index is 12.2. The molecule has 1 saturated heterocycles. The van der Waals surface area contributed by atoms with E-state index in [0.717, 1.165) is 25.7 Å². The molecule has 0 aromatic carbocycles. The van der Waals surface area contributed by atoms with Crippen LogP contribution in [0.15, 0.2) is 4.52 Å². The molecule has 0 saturated carbocycles. The summed E-state index contributed by atoms with van der Waals surface area (Å²) < 4.78 is 29.4. The molecule has 2 heterocycles. The van der Waals surface area contributed by atoms with E-state index in [9.17, 15) is 13.2 Å². The molecule has 1 amide bonds. The molecule has 0 unspecified atom stereocenters. The first-order valence-electron chi connectivity index (χ1n) is 7.29. The van der Waals surface area contributed by atoms with Gasteiger partial charge in [-0.05, 0) is 26.7 Å². The highest BCUT2D eigenvalue weighted by molar-refractivity contribution is 7.91. The second-order valence-electron chi connectivity index (χ2n) is 5.63. The standard InChI is InChI=1S/C14H22N2O4S/c1-11-13(12(2)20-15-11)9-21(18,19)10-14(17)16-7-5-3-4-6-8-16/h3-10H2,1-2H3. The Morgan fingerprint density at radius 2 is 1.81 bits per heavy atom. The van der Waals surface area contributed by atoms with Crippen molar-refractivity contribution in [1.82, 2.24) is 10.1 Å². The molecule has 0 atom stereocenters. The fourth-order valence-corrected chi connectivity index (χ4v) is 4.09. The summed E-state index contributed by atoms with van der Waals surface area (Å²) in [5, 5.41) is 3.75. The van der Waals surface area contributed by atoms with Gasteiger partial charge in [-0.3, -0.25) is 4.79 Å². The summed E-state index contributed by atoms with van der Waals surface area (Å²) in [7, 11) is -3.50. The van der Waals surface area contributed by atoms with E-state index in [0.29, 0.717) is 30.1 Å². The first-order valence-corrected chi connectivity index (χ1v) is 9.11. The molecule has 0 radical (unpaired) electrons. The van der Waals surface area contributed by atoms with Gasteiger partial charge in [-0.15, -0.1) is 0 Å². The third kappa shape index (κ3) is 4.30. The van der Waals surface area contributed by atoms with E-state index in [4.69, 9.17) is 4.52 Å². The van der Waals surface area contributed by atoms with Gasteiger partial charge in [-0.1, -0.05) is 18.0 Å². The van der Waals surface area contributed by atoms with Crippen molar-refractivity contribution in [2.24, 2.45) is 0 Å². The number of hydrogen-bond acceptors (Lipinski definition) is 5. The summed E-state index contributed by atoms with van der Waals surface area (Å²) in [6.45, 7) is 4.72. The molecule has 0 aliphatic carbocycles. The van der Waals surface area contributed by atoms with Crippen LogP contribution in [0.4, 0.5) is 0 Å². The van der Waals surface area contributed by atoms with Crippen molar-refractivity contribution in [2.75, 3.05) is 18.8 Å². The Kier molecular flexibility index (Phi) is 5.03. The van der Waals surface area contributed by atoms with Crippen LogP contribution in [-0.4, -0.2) is 43.2 Å². The van der Waals surface area contributed by atoms with Crippen molar-refractivity contribution in [1.29, 1.82) is 0 Å². The largest absolute Gasteiger partial charge is 0.361 e. The highest BCUT2D eigenvalue weighted by atomic mass is 32.2. The fraction of sp³-hybridized carbons (Fsp3) is 0.714. The van der Waals surface area contributed by atoms with Gasteiger partial charge in [0.15, 0.2) is 9.84 Å². The zero-order chi connectivity index (χ0) is 15.5. The molecule has 1 aliphatic rings. The van der Waals surface area contributed by atoms with E-state index in [1.807, 2.05) is 0 Å². The monoisotopic (exact) mass is 314 g/mol. The number of amides is 1. The number of hydrogen-bond donors (Lipinski definition) is 0. The molecule has 0 N–H and O–H groups in total. The quantitative estimate of drug-likeness (QED) is 0.843. The van der Waals surface area contributed by atoms with Crippen molar-refractivity contribution in [3.63, 3.8) is 0 Å². The third-order valence-electron chi connectivity index (χ3n) is 3.85. The van der Waals surface area contributed by atoms with Crippen molar-refractivity contribution in [2.45, 2.75) is 45.3 Å². The molecule has 1 aromatic heterocycles. The number of carbonyl (C=O) groups excluding carboxylic acids is 1. The molecule has 6 nitrogen and oxygen atoms in total. The minimum atomic E-state index is -3.50. The lowest BCUT2D eigenvalue weighted by molar-refractivity contribution is -0.128. The Bertz CT molecular complexity index is 579. The lowest BCUT2D eigenvalue weighted by Crippen LogP contribution is -2.36. The Balaban J connectivity index is 2.01. The molecule has 2 rings (SSSR count). The van der Waals surface area contributed by atoms with Crippen molar-refractivity contribution in [3.8, 4) is 0 Å². The number of carbonyl (C=O) groups is 1. The van der Waals surface area contributed by atoms with Crippen LogP contribution in [0.5, 0.6) is 0 Å². The van der Waals surface area contributed by atoms with Gasteiger partial charge >= 0.3 is 0 Å². The second kappa shape index (κ2) is 6.60. The highest BCUT2D eigenvalue weighted by Gasteiger charge is 2.25. The molecule has 118 valence electrons. The summed E-state index contributed by atoms with van der Waals surface area (Å²) >= 11 is 0. The van der Waals surface area contributed by atoms with Gasteiger partial charge in [0.1, 0.15) is 11.5 Å². The average molecular weight is 314 g/mol. The topological polar surface area (TPSA) is 80.5 Å². The van der Waals surface area contributed by atoms with Gasteiger partial charge in [0, 0.05) is 18.7 Å².